The Morgan fingerprint density at radius 1 is 1.07 bits per heavy atom. The third-order valence-corrected chi connectivity index (χ3v) is 9.85. The highest BCUT2D eigenvalue weighted by Crippen LogP contribution is 2.70. The zero-order chi connectivity index (χ0) is 20.7. The number of hydrogen-bond donors (Lipinski definition) is 3. The van der Waals surface area contributed by atoms with Crippen LogP contribution in [0.4, 0.5) is 0 Å². The van der Waals surface area contributed by atoms with Crippen LogP contribution in [0.3, 0.4) is 0 Å². The normalized spacial score (nSPS) is 54.1. The number of cyclic esters (lactones) is 1. The van der Waals surface area contributed by atoms with Gasteiger partial charge in [0, 0.05) is 17.9 Å². The van der Waals surface area contributed by atoms with E-state index in [2.05, 4.69) is 6.92 Å². The molecule has 3 N–H and O–H groups in total. The van der Waals surface area contributed by atoms with Crippen molar-refractivity contribution >= 4 is 12.3 Å². The van der Waals surface area contributed by atoms with Crippen molar-refractivity contribution in [2.24, 2.45) is 28.6 Å². The first-order valence-corrected chi connectivity index (χ1v) is 11.2. The second-order valence-corrected chi connectivity index (χ2v) is 10.6. The monoisotopic (exact) mass is 404 g/mol. The van der Waals surface area contributed by atoms with Gasteiger partial charge < -0.3 is 24.9 Å². The Balaban J connectivity index is 1.52. The molecule has 4 aliphatic carbocycles. The second-order valence-electron chi connectivity index (χ2n) is 10.6. The van der Waals surface area contributed by atoms with Gasteiger partial charge in [0.15, 0.2) is 0 Å². The molecule has 6 nitrogen and oxygen atoms in total. The fourth-order valence-electron chi connectivity index (χ4n) is 8.34. The maximum atomic E-state index is 12.5. The number of aldehydes is 1. The number of aliphatic hydroxyl groups excluding tert-OH is 1. The van der Waals surface area contributed by atoms with E-state index in [1.54, 1.807) is 6.08 Å². The van der Waals surface area contributed by atoms with Crippen LogP contribution in [0.2, 0.25) is 0 Å². The average Bonchev–Trinajstić information content (AvgIpc) is 3.21. The van der Waals surface area contributed by atoms with Crippen molar-refractivity contribution in [2.75, 3.05) is 6.61 Å². The van der Waals surface area contributed by atoms with E-state index in [1.165, 1.54) is 0 Å². The summed E-state index contributed by atoms with van der Waals surface area (Å²) in [5.74, 6) is -0.304. The predicted octanol–water partition coefficient (Wildman–Crippen LogP) is 1.90. The highest BCUT2D eigenvalue weighted by Gasteiger charge is 2.71. The molecule has 0 aromatic heterocycles. The maximum Gasteiger partial charge on any atom is 0.331 e. The topological polar surface area (TPSA) is 104 Å². The van der Waals surface area contributed by atoms with Crippen molar-refractivity contribution in [1.29, 1.82) is 0 Å². The SMILES string of the molecule is C[C@]12CC[C@@H]3[C@H](CC[C@@]4(O)C[C@@H](O)CC[C@]34C=O)[C@@]1(O)CC[C@H]2C1=CC(=O)OC1. The van der Waals surface area contributed by atoms with Gasteiger partial charge in [0.2, 0.25) is 0 Å². The Hall–Kier alpha value is -1.24. The fraction of sp³-hybridized carbons (Fsp3) is 0.826. The lowest BCUT2D eigenvalue weighted by Gasteiger charge is -2.65. The summed E-state index contributed by atoms with van der Waals surface area (Å²) in [7, 11) is 0. The van der Waals surface area contributed by atoms with E-state index in [0.29, 0.717) is 38.7 Å². The Kier molecular flexibility index (Phi) is 4.18. The molecule has 5 rings (SSSR count). The molecule has 5 aliphatic rings. The van der Waals surface area contributed by atoms with Crippen molar-refractivity contribution in [3.05, 3.63) is 11.6 Å². The number of hydrogen-bond acceptors (Lipinski definition) is 6. The third-order valence-electron chi connectivity index (χ3n) is 9.85. The lowest BCUT2D eigenvalue weighted by atomic mass is 9.41. The van der Waals surface area contributed by atoms with Crippen LogP contribution in [0, 0.1) is 28.6 Å². The summed E-state index contributed by atoms with van der Waals surface area (Å²) in [6, 6.07) is 0. The molecule has 0 spiro atoms. The van der Waals surface area contributed by atoms with Gasteiger partial charge in [0.25, 0.3) is 0 Å². The van der Waals surface area contributed by atoms with E-state index in [1.807, 2.05) is 0 Å². The van der Waals surface area contributed by atoms with E-state index in [0.717, 1.165) is 31.1 Å². The minimum atomic E-state index is -1.18. The number of aliphatic hydroxyl groups is 3. The Bertz CT molecular complexity index is 777. The van der Waals surface area contributed by atoms with Gasteiger partial charge in [-0.1, -0.05) is 6.92 Å². The molecule has 0 radical (unpaired) electrons. The average molecular weight is 405 g/mol. The number of fused-ring (bicyclic) bond motifs is 5. The summed E-state index contributed by atoms with van der Waals surface area (Å²) in [4.78, 5) is 24.1. The molecule has 0 unspecified atom stereocenters. The van der Waals surface area contributed by atoms with Crippen LogP contribution < -0.4 is 0 Å². The molecule has 0 saturated heterocycles. The number of ether oxygens (including phenoxy) is 1. The molecule has 0 aromatic carbocycles. The summed E-state index contributed by atoms with van der Waals surface area (Å²) in [5, 5.41) is 33.7. The van der Waals surface area contributed by atoms with E-state index in [9.17, 15) is 24.9 Å². The first-order valence-electron chi connectivity index (χ1n) is 11.2. The summed E-state index contributed by atoms with van der Waals surface area (Å²) in [5.41, 5.74) is -2.34. The van der Waals surface area contributed by atoms with Gasteiger partial charge in [-0.25, -0.2) is 4.79 Å². The molecule has 160 valence electrons. The summed E-state index contributed by atoms with van der Waals surface area (Å²) < 4.78 is 5.15. The van der Waals surface area contributed by atoms with Crippen molar-refractivity contribution in [2.45, 2.75) is 82.0 Å². The van der Waals surface area contributed by atoms with Gasteiger partial charge >= 0.3 is 5.97 Å². The third kappa shape index (κ3) is 2.34. The lowest BCUT2D eigenvalue weighted by Crippen LogP contribution is -2.68. The van der Waals surface area contributed by atoms with E-state index in [-0.39, 0.29) is 35.6 Å². The lowest BCUT2D eigenvalue weighted by molar-refractivity contribution is -0.248. The Morgan fingerprint density at radius 2 is 1.83 bits per heavy atom. The van der Waals surface area contributed by atoms with Crippen LogP contribution in [-0.2, 0) is 14.3 Å². The van der Waals surface area contributed by atoms with Gasteiger partial charge in [-0.3, -0.25) is 0 Å². The first-order chi connectivity index (χ1) is 13.7. The molecular formula is C23H32O6. The highest BCUT2D eigenvalue weighted by molar-refractivity contribution is 5.85. The predicted molar refractivity (Wildman–Crippen MR) is 104 cm³/mol. The molecule has 8 atom stereocenters. The Labute approximate surface area is 171 Å². The molecule has 0 bridgehead atoms. The largest absolute Gasteiger partial charge is 0.458 e. The zero-order valence-electron chi connectivity index (χ0n) is 17.1. The molecule has 4 saturated carbocycles. The summed E-state index contributed by atoms with van der Waals surface area (Å²) >= 11 is 0. The van der Waals surface area contributed by atoms with Crippen molar-refractivity contribution in [3.63, 3.8) is 0 Å². The maximum absolute atomic E-state index is 12.5. The van der Waals surface area contributed by atoms with E-state index < -0.39 is 22.7 Å². The first kappa shape index (κ1) is 19.7. The van der Waals surface area contributed by atoms with Crippen LogP contribution in [0.1, 0.15) is 64.7 Å². The van der Waals surface area contributed by atoms with Crippen molar-refractivity contribution < 1.29 is 29.6 Å². The molecule has 0 amide bonds. The highest BCUT2D eigenvalue weighted by atomic mass is 16.5. The van der Waals surface area contributed by atoms with Gasteiger partial charge in [-0.05, 0) is 74.7 Å². The van der Waals surface area contributed by atoms with Gasteiger partial charge in [0.05, 0.1) is 22.7 Å². The van der Waals surface area contributed by atoms with Crippen LogP contribution in [0.15, 0.2) is 11.6 Å². The van der Waals surface area contributed by atoms with Crippen LogP contribution in [0.25, 0.3) is 0 Å². The molecule has 4 fully saturated rings. The number of esters is 1. The van der Waals surface area contributed by atoms with Crippen LogP contribution in [-0.4, -0.2) is 51.5 Å². The minimum absolute atomic E-state index is 0.0504. The number of carbonyl (C=O) groups excluding carboxylic acids is 2. The molecule has 6 heteroatoms. The number of carbonyl (C=O) groups is 2. The van der Waals surface area contributed by atoms with Crippen molar-refractivity contribution in [3.8, 4) is 0 Å². The molecule has 1 aliphatic heterocycles. The molecular weight excluding hydrogens is 372 g/mol. The molecule has 0 aromatic rings. The van der Waals surface area contributed by atoms with Crippen molar-refractivity contribution in [1.82, 2.24) is 0 Å². The van der Waals surface area contributed by atoms with Gasteiger partial charge in [-0.2, -0.15) is 0 Å². The number of rotatable bonds is 2. The van der Waals surface area contributed by atoms with Gasteiger partial charge in [-0.15, -0.1) is 0 Å². The Morgan fingerprint density at radius 3 is 2.52 bits per heavy atom. The minimum Gasteiger partial charge on any atom is -0.458 e. The van der Waals surface area contributed by atoms with E-state index in [4.69, 9.17) is 4.74 Å². The fourth-order valence-corrected chi connectivity index (χ4v) is 8.34. The quantitative estimate of drug-likeness (QED) is 0.480. The molecule has 29 heavy (non-hydrogen) atoms. The van der Waals surface area contributed by atoms with Crippen LogP contribution >= 0.6 is 0 Å². The second kappa shape index (κ2) is 6.14. The van der Waals surface area contributed by atoms with E-state index >= 15 is 0 Å². The van der Waals surface area contributed by atoms with Crippen LogP contribution in [0.5, 0.6) is 0 Å². The summed E-state index contributed by atoms with van der Waals surface area (Å²) in [6.45, 7) is 2.46. The standard InChI is InChI=1S/C23H32O6/c1-20-6-3-17-18(4-8-22(27)11-15(25)2-7-21(17,22)13-24)23(20,28)9-5-16(20)14-10-19(26)29-12-14/h10,13,15-18,25,27-28H,2-9,11-12H2,1H3/t15-,16-,17+,18-,20+,21-,22+,23-/m0/s1. The van der Waals surface area contributed by atoms with Gasteiger partial charge in [0.1, 0.15) is 12.9 Å². The molecule has 1 heterocycles. The smallest absolute Gasteiger partial charge is 0.331 e. The zero-order valence-corrected chi connectivity index (χ0v) is 17.1. The summed E-state index contributed by atoms with van der Waals surface area (Å²) in [6.07, 6.45) is 7.36.